The molecule has 4 heteroatoms. The van der Waals surface area contributed by atoms with Crippen molar-refractivity contribution in [1.29, 1.82) is 5.26 Å². The van der Waals surface area contributed by atoms with Gasteiger partial charge >= 0.3 is 0 Å². The van der Waals surface area contributed by atoms with Crippen LogP contribution in [0.1, 0.15) is 18.4 Å². The van der Waals surface area contributed by atoms with E-state index in [4.69, 9.17) is 10.00 Å². The van der Waals surface area contributed by atoms with E-state index >= 15 is 0 Å². The molecule has 18 heavy (non-hydrogen) atoms. The maximum atomic E-state index is 9.16. The lowest BCUT2D eigenvalue weighted by molar-refractivity contribution is 0.414. The number of ether oxygens (including phenoxy) is 1. The molecule has 1 fully saturated rings. The maximum Gasteiger partial charge on any atom is 0.121 e. The zero-order valence-corrected chi connectivity index (χ0v) is 10.9. The standard InChI is InChI=1S/C14H19N3O/c1-17(10-12-4-3-7-16-12)14-8-13(18-2)6-5-11(14)9-15/h5-6,8,12,16H,3-4,7,10H2,1-2H3. The van der Waals surface area contributed by atoms with Gasteiger partial charge in [0.1, 0.15) is 11.8 Å². The molecule has 1 N–H and O–H groups in total. The second-order valence-corrected chi connectivity index (χ2v) is 4.67. The summed E-state index contributed by atoms with van der Waals surface area (Å²) in [4.78, 5) is 2.13. The Hall–Kier alpha value is -1.73. The minimum Gasteiger partial charge on any atom is -0.497 e. The zero-order chi connectivity index (χ0) is 13.0. The number of benzene rings is 1. The SMILES string of the molecule is COc1ccc(C#N)c(N(C)CC2CCCN2)c1. The predicted octanol–water partition coefficient (Wildman–Crippen LogP) is 1.76. The highest BCUT2D eigenvalue weighted by atomic mass is 16.5. The Morgan fingerprint density at radius 2 is 2.39 bits per heavy atom. The Labute approximate surface area is 108 Å². The fraction of sp³-hybridized carbons (Fsp3) is 0.500. The van der Waals surface area contributed by atoms with Crippen LogP contribution in [0.5, 0.6) is 5.75 Å². The molecule has 1 heterocycles. The van der Waals surface area contributed by atoms with Gasteiger partial charge in [-0.05, 0) is 31.5 Å². The number of nitrogens with zero attached hydrogens (tertiary/aromatic N) is 2. The van der Waals surface area contributed by atoms with Gasteiger partial charge in [-0.1, -0.05) is 0 Å². The number of anilines is 1. The van der Waals surface area contributed by atoms with E-state index in [0.717, 1.165) is 24.5 Å². The molecule has 2 rings (SSSR count). The van der Waals surface area contributed by atoms with Gasteiger partial charge in [0.15, 0.2) is 0 Å². The van der Waals surface area contributed by atoms with Crippen molar-refractivity contribution >= 4 is 5.69 Å². The third kappa shape index (κ3) is 2.74. The summed E-state index contributed by atoms with van der Waals surface area (Å²) in [5, 5.41) is 12.6. The van der Waals surface area contributed by atoms with Crippen molar-refractivity contribution < 1.29 is 4.74 Å². The lowest BCUT2D eigenvalue weighted by atomic mass is 10.1. The van der Waals surface area contributed by atoms with Crippen LogP contribution >= 0.6 is 0 Å². The lowest BCUT2D eigenvalue weighted by Crippen LogP contribution is -2.35. The van der Waals surface area contributed by atoms with Crippen molar-refractivity contribution in [3.8, 4) is 11.8 Å². The summed E-state index contributed by atoms with van der Waals surface area (Å²) in [7, 11) is 3.67. The molecule has 1 aromatic carbocycles. The van der Waals surface area contributed by atoms with Crippen molar-refractivity contribution in [2.24, 2.45) is 0 Å². The minimum atomic E-state index is 0.521. The molecule has 0 amide bonds. The topological polar surface area (TPSA) is 48.3 Å². The van der Waals surface area contributed by atoms with Crippen molar-refractivity contribution in [3.05, 3.63) is 23.8 Å². The van der Waals surface area contributed by atoms with Crippen LogP contribution in [0.4, 0.5) is 5.69 Å². The first-order chi connectivity index (χ1) is 8.74. The van der Waals surface area contributed by atoms with Gasteiger partial charge in [0.25, 0.3) is 0 Å². The molecule has 1 aromatic rings. The first-order valence-electron chi connectivity index (χ1n) is 6.27. The number of methoxy groups -OCH3 is 1. The summed E-state index contributed by atoms with van der Waals surface area (Å²) in [6.07, 6.45) is 2.44. The average Bonchev–Trinajstić information content (AvgIpc) is 2.90. The van der Waals surface area contributed by atoms with E-state index in [2.05, 4.69) is 16.3 Å². The van der Waals surface area contributed by atoms with Crippen molar-refractivity contribution in [2.45, 2.75) is 18.9 Å². The Bertz CT molecular complexity index is 447. The number of hydrogen-bond acceptors (Lipinski definition) is 4. The van der Waals surface area contributed by atoms with Crippen molar-refractivity contribution in [3.63, 3.8) is 0 Å². The summed E-state index contributed by atoms with van der Waals surface area (Å²) in [6.45, 7) is 2.02. The minimum absolute atomic E-state index is 0.521. The van der Waals surface area contributed by atoms with Crippen LogP contribution in [0.25, 0.3) is 0 Å². The van der Waals surface area contributed by atoms with E-state index in [9.17, 15) is 0 Å². The molecule has 0 aromatic heterocycles. The summed E-state index contributed by atoms with van der Waals surface area (Å²) in [5.41, 5.74) is 1.63. The van der Waals surface area contributed by atoms with Crippen LogP contribution < -0.4 is 15.0 Å². The summed E-state index contributed by atoms with van der Waals surface area (Å²) >= 11 is 0. The monoisotopic (exact) mass is 245 g/mol. The third-order valence-corrected chi connectivity index (χ3v) is 3.39. The molecule has 1 atom stereocenters. The quantitative estimate of drug-likeness (QED) is 0.878. The van der Waals surface area contributed by atoms with Gasteiger partial charge in [-0.25, -0.2) is 0 Å². The third-order valence-electron chi connectivity index (χ3n) is 3.39. The number of likely N-dealkylation sites (N-methyl/N-ethyl adjacent to an activating group) is 1. The molecule has 1 saturated heterocycles. The number of hydrogen-bond donors (Lipinski definition) is 1. The fourth-order valence-electron chi connectivity index (χ4n) is 2.39. The van der Waals surface area contributed by atoms with E-state index in [1.165, 1.54) is 12.8 Å². The molecule has 0 radical (unpaired) electrons. The molecule has 0 saturated carbocycles. The fourth-order valence-corrected chi connectivity index (χ4v) is 2.39. The lowest BCUT2D eigenvalue weighted by Gasteiger charge is -2.24. The molecule has 0 spiro atoms. The van der Waals surface area contributed by atoms with E-state index in [1.807, 2.05) is 25.2 Å². The van der Waals surface area contributed by atoms with Crippen molar-refractivity contribution in [2.75, 3.05) is 32.1 Å². The Balaban J connectivity index is 2.16. The Kier molecular flexibility index (Phi) is 4.06. The highest BCUT2D eigenvalue weighted by Crippen LogP contribution is 2.25. The molecular weight excluding hydrogens is 226 g/mol. The van der Waals surface area contributed by atoms with E-state index in [-0.39, 0.29) is 0 Å². The largest absolute Gasteiger partial charge is 0.497 e. The summed E-state index contributed by atoms with van der Waals surface area (Å²) in [5.74, 6) is 0.787. The van der Waals surface area contributed by atoms with Crippen LogP contribution in [0, 0.1) is 11.3 Å². The number of nitriles is 1. The first-order valence-corrected chi connectivity index (χ1v) is 6.27. The van der Waals surface area contributed by atoms with E-state index in [0.29, 0.717) is 11.6 Å². The van der Waals surface area contributed by atoms with E-state index < -0.39 is 0 Å². The normalized spacial score (nSPS) is 18.4. The van der Waals surface area contributed by atoms with Crippen LogP contribution in [0.2, 0.25) is 0 Å². The Morgan fingerprint density at radius 3 is 3.00 bits per heavy atom. The summed E-state index contributed by atoms with van der Waals surface area (Å²) in [6, 6.07) is 8.32. The number of rotatable bonds is 4. The Morgan fingerprint density at radius 1 is 1.56 bits per heavy atom. The van der Waals surface area contributed by atoms with Gasteiger partial charge in [0.05, 0.1) is 18.4 Å². The van der Waals surface area contributed by atoms with Gasteiger partial charge in [-0.15, -0.1) is 0 Å². The first kappa shape index (κ1) is 12.7. The highest BCUT2D eigenvalue weighted by Gasteiger charge is 2.17. The van der Waals surface area contributed by atoms with Crippen molar-refractivity contribution in [1.82, 2.24) is 5.32 Å². The van der Waals surface area contributed by atoms with Crippen LogP contribution in [0.15, 0.2) is 18.2 Å². The van der Waals surface area contributed by atoms with Gasteiger partial charge in [0, 0.05) is 25.7 Å². The molecule has 1 aliphatic heterocycles. The van der Waals surface area contributed by atoms with Crippen LogP contribution in [0.3, 0.4) is 0 Å². The van der Waals surface area contributed by atoms with Gasteiger partial charge in [-0.3, -0.25) is 0 Å². The predicted molar refractivity (Wildman–Crippen MR) is 72.0 cm³/mol. The zero-order valence-electron chi connectivity index (χ0n) is 10.9. The van der Waals surface area contributed by atoms with Gasteiger partial charge < -0.3 is 15.0 Å². The average molecular weight is 245 g/mol. The molecule has 96 valence electrons. The van der Waals surface area contributed by atoms with Gasteiger partial charge in [-0.2, -0.15) is 5.26 Å². The maximum absolute atomic E-state index is 9.16. The van der Waals surface area contributed by atoms with E-state index in [1.54, 1.807) is 7.11 Å². The molecular formula is C14H19N3O. The highest BCUT2D eigenvalue weighted by molar-refractivity contribution is 5.61. The molecule has 1 aliphatic rings. The second kappa shape index (κ2) is 5.74. The van der Waals surface area contributed by atoms with Gasteiger partial charge in [0.2, 0.25) is 0 Å². The molecule has 4 nitrogen and oxygen atoms in total. The second-order valence-electron chi connectivity index (χ2n) is 4.67. The smallest absolute Gasteiger partial charge is 0.121 e. The molecule has 0 aliphatic carbocycles. The van der Waals surface area contributed by atoms with Crippen LogP contribution in [-0.4, -0.2) is 33.3 Å². The number of nitrogens with one attached hydrogen (secondary N) is 1. The van der Waals surface area contributed by atoms with Crippen LogP contribution in [-0.2, 0) is 0 Å². The summed E-state index contributed by atoms with van der Waals surface area (Å²) < 4.78 is 5.22. The molecule has 0 bridgehead atoms. The molecule has 1 unspecified atom stereocenters.